The lowest BCUT2D eigenvalue weighted by Gasteiger charge is -2.41. The molecule has 3 atom stereocenters. The Bertz CT molecular complexity index is 312. The van der Waals surface area contributed by atoms with Crippen LogP contribution in [-0.4, -0.2) is 34.8 Å². The van der Waals surface area contributed by atoms with Gasteiger partial charge in [0.05, 0.1) is 0 Å². The van der Waals surface area contributed by atoms with Gasteiger partial charge in [0.2, 0.25) is 11.8 Å². The van der Waals surface area contributed by atoms with E-state index in [2.05, 4.69) is 11.9 Å². The number of hydrogen-bond donors (Lipinski definition) is 1. The van der Waals surface area contributed by atoms with Crippen molar-refractivity contribution in [1.82, 2.24) is 10.2 Å². The third-order valence-electron chi connectivity index (χ3n) is 3.06. The van der Waals surface area contributed by atoms with Crippen molar-refractivity contribution in [3.8, 4) is 0 Å². The molecule has 16 heavy (non-hydrogen) atoms. The maximum Gasteiger partial charge on any atom is 0.246 e. The van der Waals surface area contributed by atoms with E-state index in [-0.39, 0.29) is 23.8 Å². The van der Waals surface area contributed by atoms with Gasteiger partial charge < -0.3 is 10.2 Å². The zero-order valence-corrected chi connectivity index (χ0v) is 10.4. The molecule has 0 aromatic rings. The lowest BCUT2D eigenvalue weighted by molar-refractivity contribution is -0.151. The van der Waals surface area contributed by atoms with E-state index in [0.29, 0.717) is 0 Å². The minimum Gasteiger partial charge on any atom is -0.342 e. The second-order valence-electron chi connectivity index (χ2n) is 4.63. The van der Waals surface area contributed by atoms with Crippen LogP contribution in [0.3, 0.4) is 0 Å². The van der Waals surface area contributed by atoms with Crippen molar-refractivity contribution in [2.45, 2.75) is 45.8 Å². The van der Waals surface area contributed by atoms with E-state index in [1.54, 1.807) is 17.9 Å². The largest absolute Gasteiger partial charge is 0.342 e. The average molecular weight is 224 g/mol. The summed E-state index contributed by atoms with van der Waals surface area (Å²) in [5.74, 6) is -0.00929. The van der Waals surface area contributed by atoms with Crippen LogP contribution in [0, 0.1) is 5.92 Å². The molecule has 0 saturated carbocycles. The molecule has 0 aliphatic carbocycles. The van der Waals surface area contributed by atoms with E-state index in [9.17, 15) is 9.59 Å². The molecule has 0 bridgehead atoms. The van der Waals surface area contributed by atoms with Crippen LogP contribution in [0.25, 0.3) is 0 Å². The standard InChI is InChI=1S/C12H20N2O2/c1-6-8(4)14-9(5)11(15)13-10(7(2)3)12(14)16/h6-10H,1H2,2-5H3,(H,13,15). The molecule has 3 unspecified atom stereocenters. The summed E-state index contributed by atoms with van der Waals surface area (Å²) < 4.78 is 0. The molecule has 90 valence electrons. The molecule has 1 saturated heterocycles. The fourth-order valence-electron chi connectivity index (χ4n) is 1.93. The lowest BCUT2D eigenvalue weighted by Crippen LogP contribution is -2.65. The number of piperazine rings is 1. The normalized spacial score (nSPS) is 27.9. The molecule has 1 aliphatic heterocycles. The van der Waals surface area contributed by atoms with E-state index in [0.717, 1.165) is 0 Å². The van der Waals surface area contributed by atoms with Crippen LogP contribution in [0.4, 0.5) is 0 Å². The summed E-state index contributed by atoms with van der Waals surface area (Å²) in [4.78, 5) is 25.5. The maximum atomic E-state index is 12.2. The van der Waals surface area contributed by atoms with Crippen molar-refractivity contribution in [2.24, 2.45) is 5.92 Å². The van der Waals surface area contributed by atoms with E-state index < -0.39 is 12.1 Å². The molecule has 0 aromatic carbocycles. The molecular formula is C12H20N2O2. The summed E-state index contributed by atoms with van der Waals surface area (Å²) in [5, 5.41) is 2.76. The van der Waals surface area contributed by atoms with Gasteiger partial charge in [-0.25, -0.2) is 0 Å². The first kappa shape index (κ1) is 12.7. The van der Waals surface area contributed by atoms with Crippen molar-refractivity contribution in [3.05, 3.63) is 12.7 Å². The average Bonchev–Trinajstić information content (AvgIpc) is 2.22. The SMILES string of the molecule is C=CC(C)N1C(=O)C(C(C)C)NC(=O)C1C. The number of amides is 2. The van der Waals surface area contributed by atoms with Gasteiger partial charge in [0.25, 0.3) is 0 Å². The first-order valence-electron chi connectivity index (χ1n) is 5.65. The summed E-state index contributed by atoms with van der Waals surface area (Å²) in [6, 6.07) is -0.948. The first-order valence-corrected chi connectivity index (χ1v) is 5.65. The molecule has 2 amide bonds. The van der Waals surface area contributed by atoms with Gasteiger partial charge in [0.15, 0.2) is 0 Å². The van der Waals surface area contributed by atoms with Crippen LogP contribution in [0.1, 0.15) is 27.7 Å². The summed E-state index contributed by atoms with van der Waals surface area (Å²) in [5.41, 5.74) is 0. The zero-order chi connectivity index (χ0) is 12.5. The molecule has 1 N–H and O–H groups in total. The molecule has 1 aliphatic rings. The number of carbonyl (C=O) groups is 2. The molecule has 0 aromatic heterocycles. The lowest BCUT2D eigenvalue weighted by atomic mass is 9.97. The fraction of sp³-hybridized carbons (Fsp3) is 0.667. The van der Waals surface area contributed by atoms with Gasteiger partial charge in [0, 0.05) is 6.04 Å². The number of hydrogen-bond acceptors (Lipinski definition) is 2. The predicted molar refractivity (Wildman–Crippen MR) is 62.7 cm³/mol. The van der Waals surface area contributed by atoms with E-state index in [1.807, 2.05) is 20.8 Å². The molecule has 4 heteroatoms. The van der Waals surface area contributed by atoms with Gasteiger partial charge in [0.1, 0.15) is 12.1 Å². The monoisotopic (exact) mass is 224 g/mol. The van der Waals surface area contributed by atoms with Crippen molar-refractivity contribution in [3.63, 3.8) is 0 Å². The van der Waals surface area contributed by atoms with Crippen molar-refractivity contribution < 1.29 is 9.59 Å². The topological polar surface area (TPSA) is 49.4 Å². The van der Waals surface area contributed by atoms with Crippen LogP contribution in [0.5, 0.6) is 0 Å². The van der Waals surface area contributed by atoms with Crippen molar-refractivity contribution >= 4 is 11.8 Å². The predicted octanol–water partition coefficient (Wildman–Crippen LogP) is 0.932. The second-order valence-corrected chi connectivity index (χ2v) is 4.63. The Morgan fingerprint density at radius 1 is 1.38 bits per heavy atom. The van der Waals surface area contributed by atoms with Crippen molar-refractivity contribution in [1.29, 1.82) is 0 Å². The third kappa shape index (κ3) is 2.10. The Hall–Kier alpha value is -1.32. The highest BCUT2D eigenvalue weighted by molar-refractivity contribution is 5.97. The Morgan fingerprint density at radius 2 is 1.94 bits per heavy atom. The van der Waals surface area contributed by atoms with Gasteiger partial charge in [-0.2, -0.15) is 0 Å². The van der Waals surface area contributed by atoms with Gasteiger partial charge in [-0.05, 0) is 19.8 Å². The fourth-order valence-corrected chi connectivity index (χ4v) is 1.93. The summed E-state index contributed by atoms with van der Waals surface area (Å²) in [6.07, 6.45) is 1.68. The highest BCUT2D eigenvalue weighted by Crippen LogP contribution is 2.18. The number of nitrogens with one attached hydrogen (secondary N) is 1. The van der Waals surface area contributed by atoms with Gasteiger partial charge in [-0.3, -0.25) is 9.59 Å². The van der Waals surface area contributed by atoms with Crippen LogP contribution in [0.2, 0.25) is 0 Å². The van der Waals surface area contributed by atoms with E-state index in [1.165, 1.54) is 0 Å². The molecule has 1 heterocycles. The molecule has 4 nitrogen and oxygen atoms in total. The summed E-state index contributed by atoms with van der Waals surface area (Å²) in [6.45, 7) is 11.1. The van der Waals surface area contributed by atoms with Crippen molar-refractivity contribution in [2.75, 3.05) is 0 Å². The van der Waals surface area contributed by atoms with Gasteiger partial charge >= 0.3 is 0 Å². The molecular weight excluding hydrogens is 204 g/mol. The van der Waals surface area contributed by atoms with Gasteiger partial charge in [-0.1, -0.05) is 19.9 Å². The Labute approximate surface area is 96.7 Å². The maximum absolute atomic E-state index is 12.2. The zero-order valence-electron chi connectivity index (χ0n) is 10.4. The Kier molecular flexibility index (Phi) is 3.73. The number of nitrogens with zero attached hydrogens (tertiary/aromatic N) is 1. The molecule has 1 fully saturated rings. The molecule has 1 rings (SSSR count). The minimum absolute atomic E-state index is 0.0190. The van der Waals surface area contributed by atoms with Crippen LogP contribution < -0.4 is 5.32 Å². The highest BCUT2D eigenvalue weighted by Gasteiger charge is 2.40. The van der Waals surface area contributed by atoms with Gasteiger partial charge in [-0.15, -0.1) is 6.58 Å². The number of carbonyl (C=O) groups excluding carboxylic acids is 2. The first-order chi connectivity index (χ1) is 7.40. The summed E-state index contributed by atoms with van der Waals surface area (Å²) >= 11 is 0. The Morgan fingerprint density at radius 3 is 2.38 bits per heavy atom. The smallest absolute Gasteiger partial charge is 0.246 e. The molecule has 0 radical (unpaired) electrons. The van der Waals surface area contributed by atoms with Crippen LogP contribution >= 0.6 is 0 Å². The van der Waals surface area contributed by atoms with E-state index in [4.69, 9.17) is 0 Å². The third-order valence-corrected chi connectivity index (χ3v) is 3.06. The quantitative estimate of drug-likeness (QED) is 0.725. The minimum atomic E-state index is -0.421. The summed E-state index contributed by atoms with van der Waals surface area (Å²) in [7, 11) is 0. The van der Waals surface area contributed by atoms with Crippen LogP contribution in [0.15, 0.2) is 12.7 Å². The highest BCUT2D eigenvalue weighted by atomic mass is 16.2. The van der Waals surface area contributed by atoms with Crippen LogP contribution in [-0.2, 0) is 9.59 Å². The second kappa shape index (κ2) is 4.68. The number of rotatable bonds is 3. The molecule has 0 spiro atoms. The Balaban J connectivity index is 2.99. The van der Waals surface area contributed by atoms with E-state index >= 15 is 0 Å².